The molecule has 0 fully saturated rings. The van der Waals surface area contributed by atoms with Crippen LogP contribution in [0, 0.1) is 13.8 Å². The predicted octanol–water partition coefficient (Wildman–Crippen LogP) is 3.75. The summed E-state index contributed by atoms with van der Waals surface area (Å²) in [6.07, 6.45) is -4.40. The summed E-state index contributed by atoms with van der Waals surface area (Å²) in [5.41, 5.74) is 0.640. The van der Waals surface area contributed by atoms with Crippen molar-refractivity contribution in [2.75, 3.05) is 0 Å². The number of rotatable bonds is 4. The Labute approximate surface area is 149 Å². The molecule has 0 aliphatic carbocycles. The Hall–Kier alpha value is -2.62. The van der Waals surface area contributed by atoms with Crippen molar-refractivity contribution in [1.82, 2.24) is 20.1 Å². The summed E-state index contributed by atoms with van der Waals surface area (Å²) in [6, 6.07) is 4.49. The lowest BCUT2D eigenvalue weighted by atomic mass is 10.1. The van der Waals surface area contributed by atoms with Crippen LogP contribution in [0.3, 0.4) is 0 Å². The number of thioether (sulfide) groups is 1. The van der Waals surface area contributed by atoms with Crippen molar-refractivity contribution in [1.29, 1.82) is 0 Å². The van der Waals surface area contributed by atoms with E-state index in [4.69, 9.17) is 4.52 Å². The Kier molecular flexibility index (Phi) is 4.86. The third-order valence-electron chi connectivity index (χ3n) is 3.64. The maximum Gasteiger partial charge on any atom is 0.416 e. The molecule has 0 aliphatic rings. The molecule has 0 spiro atoms. The molecule has 1 aromatic carbocycles. The first-order valence-corrected chi connectivity index (χ1v) is 8.43. The summed E-state index contributed by atoms with van der Waals surface area (Å²) >= 11 is 1.21. The number of hydrogen-bond donors (Lipinski definition) is 1. The van der Waals surface area contributed by atoms with Gasteiger partial charge in [0.15, 0.2) is 5.16 Å². The summed E-state index contributed by atoms with van der Waals surface area (Å²) < 4.78 is 42.9. The summed E-state index contributed by atoms with van der Waals surface area (Å²) in [5.74, 6) is 0.723. The molecular weight excluding hydrogens is 369 g/mol. The molecule has 10 heteroatoms. The van der Waals surface area contributed by atoms with E-state index in [1.54, 1.807) is 13.8 Å². The highest BCUT2D eigenvalue weighted by atomic mass is 32.2. The fourth-order valence-corrected chi connectivity index (χ4v) is 2.80. The van der Waals surface area contributed by atoms with E-state index in [-0.39, 0.29) is 23.0 Å². The Morgan fingerprint density at radius 1 is 1.15 bits per heavy atom. The highest BCUT2D eigenvalue weighted by Crippen LogP contribution is 2.30. The molecule has 0 amide bonds. The van der Waals surface area contributed by atoms with Crippen molar-refractivity contribution in [3.8, 4) is 11.4 Å². The minimum atomic E-state index is -4.40. The Morgan fingerprint density at radius 2 is 1.85 bits per heavy atom. The summed E-state index contributed by atoms with van der Waals surface area (Å²) in [6.45, 7) is 3.42. The molecule has 0 unspecified atom stereocenters. The Morgan fingerprint density at radius 3 is 2.46 bits per heavy atom. The van der Waals surface area contributed by atoms with Crippen molar-refractivity contribution in [2.24, 2.45) is 0 Å². The first kappa shape index (κ1) is 18.2. The van der Waals surface area contributed by atoms with Crippen LogP contribution in [-0.2, 0) is 11.9 Å². The number of aromatic amines is 1. The number of hydrogen-bond acceptors (Lipinski definition) is 6. The Bertz CT molecular complexity index is 980. The second-order valence-corrected chi connectivity index (χ2v) is 6.42. The lowest BCUT2D eigenvalue weighted by Crippen LogP contribution is -2.14. The van der Waals surface area contributed by atoms with Gasteiger partial charge in [-0.15, -0.1) is 0 Å². The fraction of sp³-hybridized carbons (Fsp3) is 0.250. The molecule has 6 nitrogen and oxygen atoms in total. The molecule has 3 rings (SSSR count). The van der Waals surface area contributed by atoms with E-state index in [0.29, 0.717) is 22.0 Å². The highest BCUT2D eigenvalue weighted by molar-refractivity contribution is 7.98. The van der Waals surface area contributed by atoms with Crippen LogP contribution in [0.5, 0.6) is 0 Å². The van der Waals surface area contributed by atoms with Gasteiger partial charge >= 0.3 is 6.18 Å². The number of benzene rings is 1. The van der Waals surface area contributed by atoms with Crippen LogP contribution in [0.4, 0.5) is 13.2 Å². The first-order chi connectivity index (χ1) is 12.2. The number of nitrogens with zero attached hydrogens (tertiary/aromatic N) is 3. The minimum Gasteiger partial charge on any atom is -0.338 e. The maximum atomic E-state index is 12.6. The zero-order valence-electron chi connectivity index (χ0n) is 13.7. The number of alkyl halides is 3. The van der Waals surface area contributed by atoms with E-state index < -0.39 is 11.7 Å². The van der Waals surface area contributed by atoms with Gasteiger partial charge in [0.25, 0.3) is 5.56 Å². The smallest absolute Gasteiger partial charge is 0.338 e. The van der Waals surface area contributed by atoms with Crippen molar-refractivity contribution in [3.63, 3.8) is 0 Å². The average molecular weight is 382 g/mol. The van der Waals surface area contributed by atoms with Gasteiger partial charge in [-0.25, -0.2) is 4.98 Å². The third kappa shape index (κ3) is 3.96. The second-order valence-electron chi connectivity index (χ2n) is 5.46. The quantitative estimate of drug-likeness (QED) is 0.546. The van der Waals surface area contributed by atoms with Crippen LogP contribution < -0.4 is 5.56 Å². The maximum absolute atomic E-state index is 12.6. The van der Waals surface area contributed by atoms with E-state index >= 15 is 0 Å². The summed E-state index contributed by atoms with van der Waals surface area (Å²) in [5, 5.41) is 4.19. The van der Waals surface area contributed by atoms with Crippen LogP contribution in [0.2, 0.25) is 0 Å². The van der Waals surface area contributed by atoms with Gasteiger partial charge in [-0.2, -0.15) is 18.2 Å². The van der Waals surface area contributed by atoms with Crippen LogP contribution >= 0.6 is 11.8 Å². The number of aryl methyl sites for hydroxylation is 1. The molecule has 0 aliphatic heterocycles. The van der Waals surface area contributed by atoms with E-state index in [1.807, 2.05) is 0 Å². The largest absolute Gasteiger partial charge is 0.416 e. The van der Waals surface area contributed by atoms with Gasteiger partial charge in [-0.3, -0.25) is 4.79 Å². The SMILES string of the molecule is Cc1nc(SCc2nc(-c3ccc(C(F)(F)F)cc3)no2)[nH]c(=O)c1C. The van der Waals surface area contributed by atoms with Gasteiger partial charge in [-0.1, -0.05) is 29.1 Å². The standard InChI is InChI=1S/C16H13F3N4O2S/c1-8-9(2)20-15(22-14(8)24)26-7-12-21-13(23-25-12)10-3-5-11(6-4-10)16(17,18)19/h3-6H,7H2,1-2H3,(H,20,22,24). The van der Waals surface area contributed by atoms with Crippen molar-refractivity contribution in [3.05, 3.63) is 57.3 Å². The van der Waals surface area contributed by atoms with E-state index in [1.165, 1.54) is 23.9 Å². The Balaban J connectivity index is 1.71. The molecule has 1 N–H and O–H groups in total. The normalized spacial score (nSPS) is 11.7. The highest BCUT2D eigenvalue weighted by Gasteiger charge is 2.30. The zero-order valence-corrected chi connectivity index (χ0v) is 14.5. The monoisotopic (exact) mass is 382 g/mol. The molecule has 136 valence electrons. The van der Waals surface area contributed by atoms with Gasteiger partial charge in [0.1, 0.15) is 0 Å². The minimum absolute atomic E-state index is 0.191. The van der Waals surface area contributed by atoms with Crippen LogP contribution in [0.1, 0.15) is 22.7 Å². The fourth-order valence-electron chi connectivity index (χ4n) is 2.06. The topological polar surface area (TPSA) is 84.7 Å². The average Bonchev–Trinajstić information content (AvgIpc) is 3.06. The van der Waals surface area contributed by atoms with Crippen LogP contribution in [-0.4, -0.2) is 20.1 Å². The van der Waals surface area contributed by atoms with Gasteiger partial charge in [0.05, 0.1) is 11.3 Å². The van der Waals surface area contributed by atoms with Crippen molar-refractivity contribution in [2.45, 2.75) is 30.9 Å². The van der Waals surface area contributed by atoms with Gasteiger partial charge < -0.3 is 9.51 Å². The first-order valence-electron chi connectivity index (χ1n) is 7.44. The van der Waals surface area contributed by atoms with Gasteiger partial charge in [0.2, 0.25) is 11.7 Å². The molecule has 3 aromatic rings. The number of nitrogens with one attached hydrogen (secondary N) is 1. The summed E-state index contributed by atoms with van der Waals surface area (Å²) in [7, 11) is 0. The molecule has 26 heavy (non-hydrogen) atoms. The van der Waals surface area contributed by atoms with E-state index in [9.17, 15) is 18.0 Å². The third-order valence-corrected chi connectivity index (χ3v) is 4.50. The van der Waals surface area contributed by atoms with Gasteiger partial charge in [-0.05, 0) is 26.0 Å². The van der Waals surface area contributed by atoms with E-state index in [0.717, 1.165) is 12.1 Å². The molecular formula is C16H13F3N4O2S. The molecule has 2 aromatic heterocycles. The molecule has 0 saturated carbocycles. The van der Waals surface area contributed by atoms with Gasteiger partial charge in [0, 0.05) is 16.8 Å². The van der Waals surface area contributed by atoms with Crippen LogP contribution in [0.15, 0.2) is 38.7 Å². The molecule has 2 heterocycles. The zero-order chi connectivity index (χ0) is 18.9. The molecule has 0 radical (unpaired) electrons. The van der Waals surface area contributed by atoms with Crippen LogP contribution in [0.25, 0.3) is 11.4 Å². The number of aromatic nitrogens is 4. The van der Waals surface area contributed by atoms with Crippen molar-refractivity contribution >= 4 is 11.8 Å². The summed E-state index contributed by atoms with van der Waals surface area (Å²) in [4.78, 5) is 22.8. The second kappa shape index (κ2) is 6.94. The van der Waals surface area contributed by atoms with E-state index in [2.05, 4.69) is 20.1 Å². The predicted molar refractivity (Wildman–Crippen MR) is 88.6 cm³/mol. The number of H-pyrrole nitrogens is 1. The number of halogens is 3. The molecule has 0 atom stereocenters. The molecule has 0 saturated heterocycles. The molecule has 0 bridgehead atoms. The van der Waals surface area contributed by atoms with Crippen molar-refractivity contribution < 1.29 is 17.7 Å². The lowest BCUT2D eigenvalue weighted by Gasteiger charge is -2.05. The lowest BCUT2D eigenvalue weighted by molar-refractivity contribution is -0.137.